The van der Waals surface area contributed by atoms with Gasteiger partial charge in [-0.3, -0.25) is 9.59 Å². The first kappa shape index (κ1) is 19.1. The number of hydrogen-bond donors (Lipinski definition) is 1. The lowest BCUT2D eigenvalue weighted by atomic mass is 10.1. The van der Waals surface area contributed by atoms with Gasteiger partial charge in [-0.15, -0.1) is 11.3 Å². The normalized spacial score (nSPS) is 13.3. The Hall–Kier alpha value is -2.65. The van der Waals surface area contributed by atoms with Crippen molar-refractivity contribution in [3.8, 4) is 6.07 Å². The summed E-state index contributed by atoms with van der Waals surface area (Å²) in [5, 5.41) is 12.6. The summed E-state index contributed by atoms with van der Waals surface area (Å²) in [5.74, 6) is 0.146. The van der Waals surface area contributed by atoms with Crippen LogP contribution in [0.2, 0.25) is 0 Å². The van der Waals surface area contributed by atoms with Crippen molar-refractivity contribution < 1.29 is 9.59 Å². The lowest BCUT2D eigenvalue weighted by Gasteiger charge is -2.26. The molecule has 27 heavy (non-hydrogen) atoms. The summed E-state index contributed by atoms with van der Waals surface area (Å²) in [6.07, 6.45) is 1.90. The summed E-state index contributed by atoms with van der Waals surface area (Å²) in [4.78, 5) is 27.6. The fourth-order valence-corrected chi connectivity index (χ4v) is 3.86. The summed E-state index contributed by atoms with van der Waals surface area (Å²) >= 11 is 1.34. The molecule has 0 spiro atoms. The standard InChI is InChI=1S/C21H23N3O2S/c1-13(2)24(12-16-6-4-15(11-22)5-7-16)21(26)19-14(3)10-18(27-19)23-20(25)17-8-9-17/h4-7,10,13,17H,8-9,12H2,1-3H3,(H,23,25). The zero-order valence-corrected chi connectivity index (χ0v) is 16.6. The van der Waals surface area contributed by atoms with Crippen molar-refractivity contribution >= 4 is 28.2 Å². The molecular formula is C21H23N3O2S. The molecule has 0 atom stereocenters. The van der Waals surface area contributed by atoms with E-state index in [1.54, 1.807) is 12.1 Å². The Morgan fingerprint density at radius 2 is 1.96 bits per heavy atom. The van der Waals surface area contributed by atoms with Crippen molar-refractivity contribution in [2.45, 2.75) is 46.2 Å². The van der Waals surface area contributed by atoms with Gasteiger partial charge in [0.2, 0.25) is 5.91 Å². The molecule has 0 saturated heterocycles. The van der Waals surface area contributed by atoms with Crippen molar-refractivity contribution in [2.24, 2.45) is 5.92 Å². The fourth-order valence-electron chi connectivity index (χ4n) is 2.83. The molecule has 140 valence electrons. The fraction of sp³-hybridized carbons (Fsp3) is 0.381. The Morgan fingerprint density at radius 3 is 2.52 bits per heavy atom. The highest BCUT2D eigenvalue weighted by Gasteiger charge is 2.30. The summed E-state index contributed by atoms with van der Waals surface area (Å²) in [6, 6.07) is 11.3. The van der Waals surface area contributed by atoms with E-state index in [0.29, 0.717) is 17.0 Å². The van der Waals surface area contributed by atoms with Gasteiger partial charge >= 0.3 is 0 Å². The summed E-state index contributed by atoms with van der Waals surface area (Å²) in [5.41, 5.74) is 2.46. The molecule has 1 N–H and O–H groups in total. The van der Waals surface area contributed by atoms with Crippen LogP contribution >= 0.6 is 11.3 Å². The number of carbonyl (C=O) groups excluding carboxylic acids is 2. The molecule has 1 fully saturated rings. The monoisotopic (exact) mass is 381 g/mol. The largest absolute Gasteiger partial charge is 0.331 e. The highest BCUT2D eigenvalue weighted by Crippen LogP contribution is 2.33. The molecule has 1 aromatic heterocycles. The molecule has 6 heteroatoms. The van der Waals surface area contributed by atoms with Crippen molar-refractivity contribution in [2.75, 3.05) is 5.32 Å². The molecule has 1 aliphatic rings. The number of rotatable bonds is 6. The van der Waals surface area contributed by atoms with Gasteiger partial charge in [0.25, 0.3) is 5.91 Å². The quantitative estimate of drug-likeness (QED) is 0.809. The van der Waals surface area contributed by atoms with Gasteiger partial charge in [0.1, 0.15) is 0 Å². The SMILES string of the molecule is Cc1cc(NC(=O)C2CC2)sc1C(=O)N(Cc1ccc(C#N)cc1)C(C)C. The molecule has 0 radical (unpaired) electrons. The Balaban J connectivity index is 1.76. The van der Waals surface area contributed by atoms with Gasteiger partial charge < -0.3 is 10.2 Å². The van der Waals surface area contributed by atoms with Crippen molar-refractivity contribution in [1.82, 2.24) is 4.90 Å². The molecule has 5 nitrogen and oxygen atoms in total. The first-order chi connectivity index (χ1) is 12.9. The van der Waals surface area contributed by atoms with Crippen LogP contribution in [0.25, 0.3) is 0 Å². The molecule has 1 aromatic carbocycles. The van der Waals surface area contributed by atoms with Crippen LogP contribution < -0.4 is 5.32 Å². The van der Waals surface area contributed by atoms with Gasteiger partial charge in [-0.1, -0.05) is 12.1 Å². The first-order valence-corrected chi connectivity index (χ1v) is 9.92. The summed E-state index contributed by atoms with van der Waals surface area (Å²) < 4.78 is 0. The predicted molar refractivity (Wildman–Crippen MR) is 107 cm³/mol. The maximum Gasteiger partial charge on any atom is 0.264 e. The van der Waals surface area contributed by atoms with Crippen LogP contribution in [0.15, 0.2) is 30.3 Å². The molecule has 2 amide bonds. The van der Waals surface area contributed by atoms with Gasteiger partial charge in [0.05, 0.1) is 21.5 Å². The van der Waals surface area contributed by atoms with Crippen LogP contribution in [-0.4, -0.2) is 22.8 Å². The van der Waals surface area contributed by atoms with E-state index in [1.165, 1.54) is 11.3 Å². The Kier molecular flexibility index (Phi) is 5.62. The number of amides is 2. The van der Waals surface area contributed by atoms with E-state index >= 15 is 0 Å². The molecule has 1 aliphatic carbocycles. The van der Waals surface area contributed by atoms with Crippen molar-refractivity contribution in [3.05, 3.63) is 51.9 Å². The van der Waals surface area contributed by atoms with E-state index in [-0.39, 0.29) is 23.8 Å². The number of thiophene rings is 1. The summed E-state index contributed by atoms with van der Waals surface area (Å²) in [6.45, 7) is 6.35. The van der Waals surface area contributed by atoms with E-state index in [0.717, 1.165) is 29.0 Å². The van der Waals surface area contributed by atoms with Crippen LogP contribution in [0.1, 0.15) is 53.1 Å². The highest BCUT2D eigenvalue weighted by molar-refractivity contribution is 7.18. The Bertz CT molecular complexity index is 889. The van der Waals surface area contributed by atoms with Crippen molar-refractivity contribution in [3.63, 3.8) is 0 Å². The molecule has 3 rings (SSSR count). The third-order valence-corrected chi connectivity index (χ3v) is 5.77. The number of nitrogens with one attached hydrogen (secondary N) is 1. The van der Waals surface area contributed by atoms with Crippen LogP contribution in [0.4, 0.5) is 5.00 Å². The Morgan fingerprint density at radius 1 is 1.30 bits per heavy atom. The third kappa shape index (κ3) is 4.55. The number of benzene rings is 1. The molecule has 0 bridgehead atoms. The number of nitrogens with zero attached hydrogens (tertiary/aromatic N) is 2. The predicted octanol–water partition coefficient (Wildman–Crippen LogP) is 4.33. The summed E-state index contributed by atoms with van der Waals surface area (Å²) in [7, 11) is 0. The molecule has 2 aromatic rings. The zero-order valence-electron chi connectivity index (χ0n) is 15.8. The average molecular weight is 382 g/mol. The highest BCUT2D eigenvalue weighted by atomic mass is 32.1. The molecule has 1 saturated carbocycles. The number of carbonyl (C=O) groups is 2. The number of aryl methyl sites for hydroxylation is 1. The minimum Gasteiger partial charge on any atom is -0.331 e. The second-order valence-corrected chi connectivity index (χ2v) is 8.27. The van der Waals surface area contributed by atoms with E-state index in [4.69, 9.17) is 5.26 Å². The first-order valence-electron chi connectivity index (χ1n) is 9.10. The molecule has 0 aliphatic heterocycles. The average Bonchev–Trinajstić information content (AvgIpc) is 3.43. The van der Waals surface area contributed by atoms with E-state index < -0.39 is 0 Å². The van der Waals surface area contributed by atoms with E-state index in [9.17, 15) is 9.59 Å². The number of anilines is 1. The van der Waals surface area contributed by atoms with Gasteiger partial charge in [-0.2, -0.15) is 5.26 Å². The second-order valence-electron chi connectivity index (χ2n) is 7.22. The van der Waals surface area contributed by atoms with Crippen LogP contribution in [0.5, 0.6) is 0 Å². The second kappa shape index (κ2) is 7.93. The minimum absolute atomic E-state index is 0.0270. The van der Waals surface area contributed by atoms with Gasteiger partial charge in [0.15, 0.2) is 0 Å². The maximum absolute atomic E-state index is 13.2. The number of nitriles is 1. The topological polar surface area (TPSA) is 73.2 Å². The zero-order chi connectivity index (χ0) is 19.6. The molecular weight excluding hydrogens is 358 g/mol. The van der Waals surface area contributed by atoms with Gasteiger partial charge in [-0.25, -0.2) is 0 Å². The minimum atomic E-state index is -0.0382. The molecule has 0 unspecified atom stereocenters. The smallest absolute Gasteiger partial charge is 0.264 e. The van der Waals surface area contributed by atoms with E-state index in [2.05, 4.69) is 11.4 Å². The molecule has 1 heterocycles. The third-order valence-electron chi connectivity index (χ3n) is 4.63. The van der Waals surface area contributed by atoms with Crippen LogP contribution in [0, 0.1) is 24.2 Å². The van der Waals surface area contributed by atoms with Crippen LogP contribution in [0.3, 0.4) is 0 Å². The van der Waals surface area contributed by atoms with Crippen LogP contribution in [-0.2, 0) is 11.3 Å². The lowest BCUT2D eigenvalue weighted by molar-refractivity contribution is -0.117. The maximum atomic E-state index is 13.2. The lowest BCUT2D eigenvalue weighted by Crippen LogP contribution is -2.36. The number of hydrogen-bond acceptors (Lipinski definition) is 4. The van der Waals surface area contributed by atoms with E-state index in [1.807, 2.05) is 43.9 Å². The van der Waals surface area contributed by atoms with Gasteiger partial charge in [-0.05, 0) is 62.9 Å². The van der Waals surface area contributed by atoms with Gasteiger partial charge in [0, 0.05) is 18.5 Å². The van der Waals surface area contributed by atoms with Crippen molar-refractivity contribution in [1.29, 1.82) is 5.26 Å². The Labute approximate surface area is 163 Å².